The number of fused-ring (bicyclic) bond motifs is 1. The number of allylic oxidation sites excluding steroid dienone is 1. The van der Waals surface area contributed by atoms with Crippen molar-refractivity contribution in [1.29, 1.82) is 0 Å². The van der Waals surface area contributed by atoms with Gasteiger partial charge in [0.15, 0.2) is 5.78 Å². The molecule has 0 radical (unpaired) electrons. The van der Waals surface area contributed by atoms with Gasteiger partial charge in [-0.15, -0.1) is 0 Å². The van der Waals surface area contributed by atoms with E-state index in [1.165, 1.54) is 19.3 Å². The van der Waals surface area contributed by atoms with Crippen LogP contribution >= 0.6 is 0 Å². The Kier molecular flexibility index (Phi) is 8.42. The van der Waals surface area contributed by atoms with Crippen LogP contribution in [0, 0.1) is 0 Å². The molecular formula is C28H35N5O2. The maximum atomic E-state index is 12.3. The number of carbonyl (C=O) groups is 1. The standard InChI is InChI=1S/C23H23N5O2.C5H12/c1-2-21(29)17-12-19-20(13-17)25-23(26-22(19)27-8-10-30-11-9-27)28-15-18(14-24-28)16-6-4-3-5-7-16;1-3-5-4-2/h3-7,13-15H,2,8-12H2,1H3;3-5H2,1-2H3. The molecular weight excluding hydrogens is 438 g/mol. The summed E-state index contributed by atoms with van der Waals surface area (Å²) in [6, 6.07) is 10.1. The lowest BCUT2D eigenvalue weighted by atomic mass is 10.1. The highest BCUT2D eigenvalue weighted by atomic mass is 16.5. The fourth-order valence-corrected chi connectivity index (χ4v) is 4.28. The second kappa shape index (κ2) is 11.9. The summed E-state index contributed by atoms with van der Waals surface area (Å²) in [6.45, 7) is 9.20. The Hall–Kier alpha value is -3.32. The van der Waals surface area contributed by atoms with Crippen molar-refractivity contribution in [2.24, 2.45) is 0 Å². The predicted octanol–water partition coefficient (Wildman–Crippen LogP) is 5.28. The maximum absolute atomic E-state index is 12.3. The summed E-state index contributed by atoms with van der Waals surface area (Å²) in [5.74, 6) is 1.55. The van der Waals surface area contributed by atoms with E-state index in [1.54, 1.807) is 4.68 Å². The zero-order valence-electron chi connectivity index (χ0n) is 21.0. The van der Waals surface area contributed by atoms with Gasteiger partial charge >= 0.3 is 0 Å². The average molecular weight is 474 g/mol. The third-order valence-corrected chi connectivity index (χ3v) is 6.28. The summed E-state index contributed by atoms with van der Waals surface area (Å²) >= 11 is 0. The first-order valence-electron chi connectivity index (χ1n) is 12.7. The van der Waals surface area contributed by atoms with Gasteiger partial charge in [0.25, 0.3) is 5.95 Å². The number of unbranched alkanes of at least 4 members (excludes halogenated alkanes) is 2. The van der Waals surface area contributed by atoms with E-state index in [0.29, 0.717) is 32.0 Å². The van der Waals surface area contributed by atoms with Crippen molar-refractivity contribution in [3.05, 3.63) is 59.6 Å². The Morgan fingerprint density at radius 1 is 1.00 bits per heavy atom. The van der Waals surface area contributed by atoms with Crippen LogP contribution in [-0.4, -0.2) is 51.8 Å². The summed E-state index contributed by atoms with van der Waals surface area (Å²) in [7, 11) is 0. The number of hydrogen-bond acceptors (Lipinski definition) is 6. The smallest absolute Gasteiger partial charge is 0.253 e. The number of Topliss-reactive ketones (excluding diaryl/α,β-unsaturated/α-hetero) is 1. The van der Waals surface area contributed by atoms with Crippen molar-refractivity contribution >= 4 is 17.7 Å². The number of ketones is 1. The molecule has 184 valence electrons. The van der Waals surface area contributed by atoms with Crippen molar-refractivity contribution in [2.75, 3.05) is 31.2 Å². The second-order valence-corrected chi connectivity index (χ2v) is 8.83. The molecule has 35 heavy (non-hydrogen) atoms. The van der Waals surface area contributed by atoms with Crippen LogP contribution in [0.4, 0.5) is 5.82 Å². The van der Waals surface area contributed by atoms with E-state index in [4.69, 9.17) is 14.7 Å². The van der Waals surface area contributed by atoms with Gasteiger partial charge in [0, 0.05) is 48.8 Å². The second-order valence-electron chi connectivity index (χ2n) is 8.83. The van der Waals surface area contributed by atoms with E-state index >= 15 is 0 Å². The fraction of sp³-hybridized carbons (Fsp3) is 0.429. The van der Waals surface area contributed by atoms with Crippen LogP contribution in [-0.2, 0) is 16.0 Å². The number of morpholine rings is 1. The van der Waals surface area contributed by atoms with E-state index in [1.807, 2.05) is 43.6 Å². The van der Waals surface area contributed by atoms with Gasteiger partial charge in [0.2, 0.25) is 0 Å². The molecule has 0 amide bonds. The number of hydrogen-bond donors (Lipinski definition) is 0. The van der Waals surface area contributed by atoms with Crippen LogP contribution in [0.15, 0.2) is 48.3 Å². The molecule has 1 aromatic carbocycles. The molecule has 3 heterocycles. The molecule has 5 rings (SSSR count). The number of nitrogens with zero attached hydrogens (tertiary/aromatic N) is 5. The SMILES string of the molecule is CCC(=O)C1=Cc2nc(-n3cc(-c4ccccc4)cn3)nc(N3CCOCC3)c2C1.CCCCC. The highest BCUT2D eigenvalue weighted by Gasteiger charge is 2.27. The number of ether oxygens (including phenoxy) is 1. The summed E-state index contributed by atoms with van der Waals surface area (Å²) in [4.78, 5) is 24.2. The van der Waals surface area contributed by atoms with Crippen molar-refractivity contribution in [3.8, 4) is 17.1 Å². The highest BCUT2D eigenvalue weighted by molar-refractivity contribution is 6.01. The molecule has 1 aliphatic carbocycles. The Bertz CT molecular complexity index is 1160. The lowest BCUT2D eigenvalue weighted by Crippen LogP contribution is -2.37. The summed E-state index contributed by atoms with van der Waals surface area (Å²) in [5.41, 5.74) is 4.74. The van der Waals surface area contributed by atoms with Gasteiger partial charge in [-0.1, -0.05) is 70.4 Å². The Labute approximate surface area is 207 Å². The van der Waals surface area contributed by atoms with Gasteiger partial charge in [-0.2, -0.15) is 10.1 Å². The minimum atomic E-state index is 0.160. The van der Waals surface area contributed by atoms with E-state index in [-0.39, 0.29) is 5.78 Å². The lowest BCUT2D eigenvalue weighted by Gasteiger charge is -2.29. The summed E-state index contributed by atoms with van der Waals surface area (Å²) < 4.78 is 7.22. The third-order valence-electron chi connectivity index (χ3n) is 6.28. The lowest BCUT2D eigenvalue weighted by molar-refractivity contribution is -0.115. The maximum Gasteiger partial charge on any atom is 0.253 e. The molecule has 7 heteroatoms. The first-order chi connectivity index (χ1) is 17.1. The van der Waals surface area contributed by atoms with Crippen molar-refractivity contribution < 1.29 is 9.53 Å². The molecule has 0 saturated carbocycles. The van der Waals surface area contributed by atoms with Crippen molar-refractivity contribution in [2.45, 2.75) is 52.9 Å². The van der Waals surface area contributed by atoms with Crippen molar-refractivity contribution in [1.82, 2.24) is 19.7 Å². The first-order valence-corrected chi connectivity index (χ1v) is 12.7. The average Bonchev–Trinajstić information content (AvgIpc) is 3.57. The minimum absolute atomic E-state index is 0.160. The van der Waals surface area contributed by atoms with E-state index in [2.05, 4.69) is 36.0 Å². The topological polar surface area (TPSA) is 73.1 Å². The van der Waals surface area contributed by atoms with E-state index in [9.17, 15) is 4.79 Å². The quantitative estimate of drug-likeness (QED) is 0.465. The molecule has 1 aliphatic heterocycles. The van der Waals surface area contributed by atoms with Crippen LogP contribution in [0.1, 0.15) is 57.7 Å². The van der Waals surface area contributed by atoms with Crippen LogP contribution in [0.2, 0.25) is 0 Å². The Morgan fingerprint density at radius 2 is 1.74 bits per heavy atom. The van der Waals surface area contributed by atoms with E-state index < -0.39 is 0 Å². The van der Waals surface area contributed by atoms with E-state index in [0.717, 1.165) is 46.9 Å². The van der Waals surface area contributed by atoms with Crippen LogP contribution in [0.5, 0.6) is 0 Å². The molecule has 1 saturated heterocycles. The molecule has 2 aliphatic rings. The molecule has 1 fully saturated rings. The normalized spacial score (nSPS) is 14.7. The van der Waals surface area contributed by atoms with Gasteiger partial charge in [-0.3, -0.25) is 4.79 Å². The number of carbonyl (C=O) groups excluding carboxylic acids is 1. The number of aromatic nitrogens is 4. The molecule has 0 unspecified atom stereocenters. The van der Waals surface area contributed by atoms with Crippen LogP contribution < -0.4 is 4.90 Å². The van der Waals surface area contributed by atoms with Crippen molar-refractivity contribution in [3.63, 3.8) is 0 Å². The van der Waals surface area contributed by atoms with Gasteiger partial charge in [-0.25, -0.2) is 9.67 Å². The highest BCUT2D eigenvalue weighted by Crippen LogP contribution is 2.33. The zero-order valence-corrected chi connectivity index (χ0v) is 21.0. The third kappa shape index (κ3) is 5.85. The molecule has 0 bridgehead atoms. The molecule has 0 atom stereocenters. The minimum Gasteiger partial charge on any atom is -0.378 e. The molecule has 3 aromatic rings. The molecule has 0 N–H and O–H groups in total. The predicted molar refractivity (Wildman–Crippen MR) is 140 cm³/mol. The largest absolute Gasteiger partial charge is 0.378 e. The Morgan fingerprint density at radius 3 is 2.40 bits per heavy atom. The summed E-state index contributed by atoms with van der Waals surface area (Å²) in [6.07, 6.45) is 10.8. The first kappa shape index (κ1) is 24.8. The molecule has 7 nitrogen and oxygen atoms in total. The zero-order chi connectivity index (χ0) is 24.6. The van der Waals surface area contributed by atoms with Gasteiger partial charge in [-0.05, 0) is 11.6 Å². The monoisotopic (exact) mass is 473 g/mol. The molecule has 2 aromatic heterocycles. The number of benzene rings is 1. The summed E-state index contributed by atoms with van der Waals surface area (Å²) in [5, 5.41) is 4.51. The van der Waals surface area contributed by atoms with Gasteiger partial charge < -0.3 is 9.64 Å². The van der Waals surface area contributed by atoms with Crippen LogP contribution in [0.3, 0.4) is 0 Å². The number of rotatable bonds is 7. The molecule has 0 spiro atoms. The number of anilines is 1. The fourth-order valence-electron chi connectivity index (χ4n) is 4.28. The van der Waals surface area contributed by atoms with Gasteiger partial charge in [0.05, 0.1) is 25.1 Å². The Balaban J connectivity index is 0.000000527. The van der Waals surface area contributed by atoms with Crippen LogP contribution in [0.25, 0.3) is 23.2 Å². The van der Waals surface area contributed by atoms with Gasteiger partial charge in [0.1, 0.15) is 5.82 Å².